The summed E-state index contributed by atoms with van der Waals surface area (Å²) in [7, 11) is 1.98. The van der Waals surface area contributed by atoms with E-state index < -0.39 is 0 Å². The highest BCUT2D eigenvalue weighted by atomic mass is 15.3. The summed E-state index contributed by atoms with van der Waals surface area (Å²) >= 11 is 0. The number of rotatable bonds is 7. The van der Waals surface area contributed by atoms with Crippen LogP contribution in [0.5, 0.6) is 0 Å². The van der Waals surface area contributed by atoms with Crippen molar-refractivity contribution in [1.29, 1.82) is 0 Å². The van der Waals surface area contributed by atoms with Gasteiger partial charge in [-0.2, -0.15) is 0 Å². The third-order valence-electron chi connectivity index (χ3n) is 3.63. The van der Waals surface area contributed by atoms with Crippen molar-refractivity contribution >= 4 is 0 Å². The third kappa shape index (κ3) is 3.67. The number of aryl methyl sites for hydroxylation is 1. The van der Waals surface area contributed by atoms with E-state index in [2.05, 4.69) is 59.7 Å². The number of hydrogen-bond donors (Lipinski definition) is 1. The lowest BCUT2D eigenvalue weighted by Gasteiger charge is -2.23. The van der Waals surface area contributed by atoms with E-state index in [4.69, 9.17) is 0 Å². The Labute approximate surface area is 121 Å². The molecule has 0 radical (unpaired) electrons. The van der Waals surface area contributed by atoms with E-state index in [-0.39, 0.29) is 6.04 Å². The van der Waals surface area contributed by atoms with Crippen LogP contribution in [0, 0.1) is 0 Å². The Hall–Kier alpha value is -1.68. The number of benzene rings is 1. The Morgan fingerprint density at radius 3 is 2.60 bits per heavy atom. The molecule has 0 spiro atoms. The van der Waals surface area contributed by atoms with Crippen LogP contribution in [-0.4, -0.2) is 14.8 Å². The van der Waals surface area contributed by atoms with Crippen molar-refractivity contribution in [2.75, 3.05) is 0 Å². The molecule has 108 valence electrons. The van der Waals surface area contributed by atoms with Gasteiger partial charge in [0, 0.05) is 13.1 Å². The van der Waals surface area contributed by atoms with Gasteiger partial charge in [-0.25, -0.2) is 0 Å². The van der Waals surface area contributed by atoms with Crippen LogP contribution < -0.4 is 5.32 Å². The van der Waals surface area contributed by atoms with Crippen molar-refractivity contribution in [3.63, 3.8) is 0 Å². The first-order valence-corrected chi connectivity index (χ1v) is 7.37. The minimum absolute atomic E-state index is 0.185. The zero-order valence-corrected chi connectivity index (χ0v) is 12.6. The Kier molecular flexibility index (Phi) is 5.30. The number of nitrogens with zero attached hydrogens (tertiary/aromatic N) is 3. The Morgan fingerprint density at radius 2 is 2.00 bits per heavy atom. The minimum Gasteiger partial charge on any atom is -0.319 e. The molecular weight excluding hydrogens is 248 g/mol. The zero-order valence-electron chi connectivity index (χ0n) is 12.6. The molecule has 0 amide bonds. The Balaban J connectivity index is 2.10. The monoisotopic (exact) mass is 272 g/mol. The first-order valence-electron chi connectivity index (χ1n) is 7.37. The molecule has 0 aliphatic heterocycles. The molecule has 1 N–H and O–H groups in total. The smallest absolute Gasteiger partial charge is 0.149 e. The quantitative estimate of drug-likeness (QED) is 0.840. The second kappa shape index (κ2) is 7.20. The summed E-state index contributed by atoms with van der Waals surface area (Å²) in [5.74, 6) is 0.974. The van der Waals surface area contributed by atoms with Crippen LogP contribution >= 0.6 is 0 Å². The van der Waals surface area contributed by atoms with Crippen LogP contribution in [0.15, 0.2) is 36.7 Å². The number of nitrogens with one attached hydrogen (secondary N) is 1. The number of aromatic nitrogens is 3. The first kappa shape index (κ1) is 14.7. The van der Waals surface area contributed by atoms with Gasteiger partial charge >= 0.3 is 0 Å². The van der Waals surface area contributed by atoms with Gasteiger partial charge in [-0.1, -0.05) is 50.1 Å². The van der Waals surface area contributed by atoms with Crippen molar-refractivity contribution < 1.29 is 0 Å². The maximum absolute atomic E-state index is 4.19. The summed E-state index contributed by atoms with van der Waals surface area (Å²) in [4.78, 5) is 0. The highest BCUT2D eigenvalue weighted by Gasteiger charge is 2.17. The molecule has 0 fully saturated rings. The van der Waals surface area contributed by atoms with E-state index in [0.717, 1.165) is 12.2 Å². The van der Waals surface area contributed by atoms with Gasteiger partial charge in [-0.05, 0) is 18.9 Å². The fourth-order valence-electron chi connectivity index (χ4n) is 2.50. The van der Waals surface area contributed by atoms with Gasteiger partial charge < -0.3 is 9.88 Å². The third-order valence-corrected chi connectivity index (χ3v) is 3.63. The van der Waals surface area contributed by atoms with Gasteiger partial charge in [-0.15, -0.1) is 10.2 Å². The second-order valence-electron chi connectivity index (χ2n) is 5.29. The number of hydrogen-bond acceptors (Lipinski definition) is 3. The van der Waals surface area contributed by atoms with E-state index in [1.54, 1.807) is 6.33 Å². The fourth-order valence-corrected chi connectivity index (χ4v) is 2.50. The summed E-state index contributed by atoms with van der Waals surface area (Å²) in [6, 6.07) is 11.2. The van der Waals surface area contributed by atoms with E-state index >= 15 is 0 Å². The maximum atomic E-state index is 4.19. The van der Waals surface area contributed by atoms with Gasteiger partial charge in [0.05, 0.1) is 6.04 Å². The molecule has 2 atom stereocenters. The minimum atomic E-state index is 0.185. The zero-order chi connectivity index (χ0) is 14.4. The maximum Gasteiger partial charge on any atom is 0.149 e. The second-order valence-corrected chi connectivity index (χ2v) is 5.29. The molecule has 0 saturated carbocycles. The molecule has 4 heteroatoms. The molecular formula is C16H24N4. The van der Waals surface area contributed by atoms with E-state index in [1.165, 1.54) is 18.4 Å². The normalized spacial score (nSPS) is 14.2. The highest BCUT2D eigenvalue weighted by Crippen LogP contribution is 2.23. The van der Waals surface area contributed by atoms with Crippen LogP contribution in [-0.2, 0) is 7.05 Å². The van der Waals surface area contributed by atoms with Gasteiger partial charge in [0.15, 0.2) is 0 Å². The lowest BCUT2D eigenvalue weighted by molar-refractivity contribution is 0.414. The average Bonchev–Trinajstić information content (AvgIpc) is 2.90. The predicted octanol–water partition coefficient (Wildman–Crippen LogP) is 3.40. The summed E-state index contributed by atoms with van der Waals surface area (Å²) in [6.07, 6.45) is 5.32. The van der Waals surface area contributed by atoms with Crippen LogP contribution in [0.3, 0.4) is 0 Å². The Morgan fingerprint density at radius 1 is 1.25 bits per heavy atom. The molecule has 0 bridgehead atoms. The molecule has 2 rings (SSSR count). The van der Waals surface area contributed by atoms with E-state index in [1.807, 2.05) is 11.6 Å². The topological polar surface area (TPSA) is 42.7 Å². The average molecular weight is 272 g/mol. The molecule has 20 heavy (non-hydrogen) atoms. The van der Waals surface area contributed by atoms with Gasteiger partial charge in [0.25, 0.3) is 0 Å². The lowest BCUT2D eigenvalue weighted by Crippen LogP contribution is -2.26. The summed E-state index contributed by atoms with van der Waals surface area (Å²) in [5, 5.41) is 11.8. The fraction of sp³-hybridized carbons (Fsp3) is 0.500. The van der Waals surface area contributed by atoms with Crippen molar-refractivity contribution in [2.24, 2.45) is 7.05 Å². The summed E-state index contributed by atoms with van der Waals surface area (Å²) in [5.41, 5.74) is 1.34. The molecule has 1 aromatic heterocycles. The van der Waals surface area contributed by atoms with Crippen molar-refractivity contribution in [1.82, 2.24) is 20.1 Å². The summed E-state index contributed by atoms with van der Waals surface area (Å²) in [6.45, 7) is 4.38. The van der Waals surface area contributed by atoms with Gasteiger partial charge in [0.2, 0.25) is 0 Å². The number of unbranched alkanes of at least 4 members (excludes halogenated alkanes) is 1. The molecule has 0 saturated heterocycles. The standard InChI is InChI=1S/C16H24N4/c1-4-5-11-15(14-9-7-6-8-10-14)18-13(2)16-19-17-12-20(16)3/h6-10,12-13,15,18H,4-5,11H2,1-3H3. The van der Waals surface area contributed by atoms with Crippen molar-refractivity contribution in [3.05, 3.63) is 48.0 Å². The first-order chi connectivity index (χ1) is 9.72. The highest BCUT2D eigenvalue weighted by molar-refractivity contribution is 5.19. The largest absolute Gasteiger partial charge is 0.319 e. The predicted molar refractivity (Wildman–Crippen MR) is 81.3 cm³/mol. The van der Waals surface area contributed by atoms with Crippen molar-refractivity contribution in [3.8, 4) is 0 Å². The van der Waals surface area contributed by atoms with E-state index in [9.17, 15) is 0 Å². The lowest BCUT2D eigenvalue weighted by atomic mass is 10.00. The van der Waals surface area contributed by atoms with Crippen LogP contribution in [0.4, 0.5) is 0 Å². The molecule has 2 aromatic rings. The molecule has 0 aliphatic carbocycles. The van der Waals surface area contributed by atoms with Crippen LogP contribution in [0.25, 0.3) is 0 Å². The van der Waals surface area contributed by atoms with Gasteiger partial charge in [-0.3, -0.25) is 0 Å². The molecule has 0 aliphatic rings. The van der Waals surface area contributed by atoms with Crippen molar-refractivity contribution in [2.45, 2.75) is 45.2 Å². The molecule has 2 unspecified atom stereocenters. The molecule has 1 aromatic carbocycles. The van der Waals surface area contributed by atoms with E-state index in [0.29, 0.717) is 6.04 Å². The SMILES string of the molecule is CCCCC(NC(C)c1nncn1C)c1ccccc1. The molecule has 4 nitrogen and oxygen atoms in total. The summed E-state index contributed by atoms with van der Waals surface area (Å²) < 4.78 is 1.97. The van der Waals surface area contributed by atoms with Crippen LogP contribution in [0.2, 0.25) is 0 Å². The van der Waals surface area contributed by atoms with Crippen LogP contribution in [0.1, 0.15) is 56.6 Å². The van der Waals surface area contributed by atoms with Gasteiger partial charge in [0.1, 0.15) is 12.2 Å². The Bertz CT molecular complexity index is 506. The molecule has 1 heterocycles.